The quantitative estimate of drug-likeness (QED) is 0.308. The van der Waals surface area contributed by atoms with Crippen LogP contribution < -0.4 is 15.4 Å². The fourth-order valence-corrected chi connectivity index (χ4v) is 4.88. The summed E-state index contributed by atoms with van der Waals surface area (Å²) in [6, 6.07) is 11.0. The Balaban J connectivity index is 1.29. The lowest BCUT2D eigenvalue weighted by molar-refractivity contribution is 0.103. The molecule has 3 N–H and O–H groups in total. The van der Waals surface area contributed by atoms with Crippen LogP contribution in [0.3, 0.4) is 0 Å². The highest BCUT2D eigenvalue weighted by molar-refractivity contribution is 6.12. The number of pyridine rings is 1. The van der Waals surface area contributed by atoms with E-state index in [4.69, 9.17) is 10.5 Å². The number of hydrogen-bond donors (Lipinski definition) is 2. The van der Waals surface area contributed by atoms with Gasteiger partial charge in [0.1, 0.15) is 5.82 Å². The summed E-state index contributed by atoms with van der Waals surface area (Å²) < 4.78 is 34.6. The van der Waals surface area contributed by atoms with Gasteiger partial charge in [-0.1, -0.05) is 6.07 Å². The monoisotopic (exact) mass is 514 g/mol. The maximum atomic E-state index is 14.0. The van der Waals surface area contributed by atoms with E-state index in [0.29, 0.717) is 16.9 Å². The Morgan fingerprint density at radius 1 is 1.11 bits per heavy atom. The van der Waals surface area contributed by atoms with Crippen molar-refractivity contribution in [2.24, 2.45) is 0 Å². The Hall–Kier alpha value is -4.73. The number of ether oxygens (including phenoxy) is 1. The van der Waals surface area contributed by atoms with Gasteiger partial charge in [-0.05, 0) is 61.2 Å². The second-order valence-corrected chi connectivity index (χ2v) is 9.42. The lowest BCUT2D eigenvalue weighted by Crippen LogP contribution is -2.24. The number of nitrogens with two attached hydrogens (primary N) is 1. The molecule has 8 nitrogen and oxygen atoms in total. The first-order valence-corrected chi connectivity index (χ1v) is 12.1. The maximum absolute atomic E-state index is 14.0. The van der Waals surface area contributed by atoms with E-state index in [0.717, 1.165) is 42.4 Å². The minimum absolute atomic E-state index is 0.00342. The molecule has 0 spiro atoms. The molecule has 2 aromatic carbocycles. The van der Waals surface area contributed by atoms with Gasteiger partial charge < -0.3 is 20.4 Å². The number of nitrogen functional groups attached to an aromatic ring is 1. The summed E-state index contributed by atoms with van der Waals surface area (Å²) in [4.78, 5) is 23.0. The Labute approximate surface area is 216 Å². The van der Waals surface area contributed by atoms with Gasteiger partial charge in [0.05, 0.1) is 29.3 Å². The predicted molar refractivity (Wildman–Crippen MR) is 140 cm³/mol. The molecule has 10 heteroatoms. The number of fused-ring (bicyclic) bond motifs is 2. The van der Waals surface area contributed by atoms with E-state index >= 15 is 0 Å². The van der Waals surface area contributed by atoms with Crippen molar-refractivity contribution in [3.63, 3.8) is 0 Å². The van der Waals surface area contributed by atoms with E-state index in [-0.39, 0.29) is 23.0 Å². The predicted octanol–water partition coefficient (Wildman–Crippen LogP) is 5.32. The topological polar surface area (TPSA) is 102 Å². The molecule has 3 aromatic heterocycles. The average molecular weight is 515 g/mol. The lowest BCUT2D eigenvalue weighted by atomic mass is 10.0. The molecule has 6 rings (SSSR count). The molecule has 0 unspecified atom stereocenters. The second-order valence-electron chi connectivity index (χ2n) is 9.42. The summed E-state index contributed by atoms with van der Waals surface area (Å²) in [5.74, 6) is -2.34. The number of aryl methyl sites for hydroxylation is 2. The first-order valence-electron chi connectivity index (χ1n) is 12.1. The maximum Gasteiger partial charge on any atom is 0.219 e. The van der Waals surface area contributed by atoms with Crippen molar-refractivity contribution in [1.29, 1.82) is 0 Å². The summed E-state index contributed by atoms with van der Waals surface area (Å²) in [6.07, 6.45) is 4.95. The number of H-pyrrole nitrogens is 1. The number of nitrogens with one attached hydrogen (secondary N) is 1. The number of hydrogen-bond acceptors (Lipinski definition) is 6. The number of halogens is 2. The third kappa shape index (κ3) is 3.94. The lowest BCUT2D eigenvalue weighted by Gasteiger charge is -2.27. The number of aromatic nitrogens is 4. The molecule has 192 valence electrons. The van der Waals surface area contributed by atoms with Gasteiger partial charge in [-0.2, -0.15) is 5.10 Å². The number of ketones is 1. The van der Waals surface area contributed by atoms with Crippen molar-refractivity contribution in [2.75, 3.05) is 24.2 Å². The minimum atomic E-state index is -0.836. The number of aromatic amines is 1. The molecule has 0 saturated carbocycles. The van der Waals surface area contributed by atoms with Gasteiger partial charge in [0.2, 0.25) is 17.4 Å². The SMILES string of the molecule is Cc1cc(Oc2c(F)cccc2F)ncc1-n1ncc(C(=O)c2cc3cc4c(cc3[nH]2)N(C)CCC4)c1N. The van der Waals surface area contributed by atoms with E-state index in [1.165, 1.54) is 40.5 Å². The number of para-hydroxylation sites is 1. The number of carbonyl (C=O) groups excluding carboxylic acids is 1. The minimum Gasteiger partial charge on any atom is -0.433 e. The molecule has 0 fully saturated rings. The fraction of sp³-hybridized carbons (Fsp3) is 0.179. The summed E-state index contributed by atoms with van der Waals surface area (Å²) in [5, 5.41) is 5.28. The van der Waals surface area contributed by atoms with Crippen LogP contribution in [0.15, 0.2) is 54.9 Å². The van der Waals surface area contributed by atoms with Crippen LogP contribution in [0.1, 0.15) is 33.6 Å². The molecule has 5 aromatic rings. The van der Waals surface area contributed by atoms with Crippen LogP contribution in [0.25, 0.3) is 16.6 Å². The van der Waals surface area contributed by atoms with Crippen molar-refractivity contribution in [1.82, 2.24) is 19.7 Å². The molecule has 0 radical (unpaired) electrons. The van der Waals surface area contributed by atoms with Crippen molar-refractivity contribution < 1.29 is 18.3 Å². The van der Waals surface area contributed by atoms with Gasteiger partial charge in [0, 0.05) is 36.2 Å². The molecule has 0 bridgehead atoms. The van der Waals surface area contributed by atoms with Crippen LogP contribution in [0.2, 0.25) is 0 Å². The van der Waals surface area contributed by atoms with Gasteiger partial charge in [0.25, 0.3) is 0 Å². The first kappa shape index (κ1) is 23.7. The molecule has 0 atom stereocenters. The van der Waals surface area contributed by atoms with Crippen LogP contribution >= 0.6 is 0 Å². The molecule has 0 aliphatic carbocycles. The van der Waals surface area contributed by atoms with Crippen molar-refractivity contribution in [3.05, 3.63) is 88.9 Å². The van der Waals surface area contributed by atoms with Gasteiger partial charge >= 0.3 is 0 Å². The molecular weight excluding hydrogens is 490 g/mol. The van der Waals surface area contributed by atoms with Crippen LogP contribution in [0, 0.1) is 18.6 Å². The standard InChI is InChI=1S/C28H24F2N6O2/c1-15-9-25(38-27-19(29)6-3-7-20(27)30)32-14-24(15)36-28(31)18(13-33-36)26(37)22-11-17-10-16-5-4-8-35(2)23(16)12-21(17)34-22/h3,6-7,9-14,34H,4-5,8,31H2,1-2H3. The van der Waals surface area contributed by atoms with E-state index in [2.05, 4.69) is 39.1 Å². The number of anilines is 2. The zero-order chi connectivity index (χ0) is 26.6. The normalized spacial score (nSPS) is 13.1. The van der Waals surface area contributed by atoms with Gasteiger partial charge in [-0.15, -0.1) is 0 Å². The highest BCUT2D eigenvalue weighted by Crippen LogP contribution is 2.32. The number of rotatable bonds is 5. The smallest absolute Gasteiger partial charge is 0.219 e. The Kier molecular flexibility index (Phi) is 5.59. The Morgan fingerprint density at radius 2 is 1.89 bits per heavy atom. The van der Waals surface area contributed by atoms with Gasteiger partial charge in [0.15, 0.2) is 11.6 Å². The summed E-state index contributed by atoms with van der Waals surface area (Å²) in [5.41, 5.74) is 11.5. The summed E-state index contributed by atoms with van der Waals surface area (Å²) >= 11 is 0. The number of nitrogens with zero attached hydrogens (tertiary/aromatic N) is 4. The highest BCUT2D eigenvalue weighted by Gasteiger charge is 2.22. The zero-order valence-electron chi connectivity index (χ0n) is 20.8. The van der Waals surface area contributed by atoms with Gasteiger partial charge in [-0.25, -0.2) is 18.4 Å². The Morgan fingerprint density at radius 3 is 2.66 bits per heavy atom. The molecule has 0 saturated heterocycles. The van der Waals surface area contributed by atoms with E-state index in [1.807, 2.05) is 6.07 Å². The molecule has 1 aliphatic rings. The van der Waals surface area contributed by atoms with E-state index in [1.54, 1.807) is 6.92 Å². The van der Waals surface area contributed by atoms with Gasteiger partial charge in [-0.3, -0.25) is 4.79 Å². The highest BCUT2D eigenvalue weighted by atomic mass is 19.1. The number of carbonyl (C=O) groups is 1. The van der Waals surface area contributed by atoms with E-state index < -0.39 is 17.4 Å². The largest absolute Gasteiger partial charge is 0.433 e. The van der Waals surface area contributed by atoms with Crippen LogP contribution in [0.4, 0.5) is 20.3 Å². The van der Waals surface area contributed by atoms with Crippen molar-refractivity contribution >= 4 is 28.2 Å². The molecule has 1 aliphatic heterocycles. The average Bonchev–Trinajstić information content (AvgIpc) is 3.48. The molecular formula is C28H24F2N6O2. The summed E-state index contributed by atoms with van der Waals surface area (Å²) in [7, 11) is 2.07. The number of benzene rings is 2. The van der Waals surface area contributed by atoms with Crippen molar-refractivity contribution in [2.45, 2.75) is 19.8 Å². The Bertz CT molecular complexity index is 1700. The van der Waals surface area contributed by atoms with Crippen LogP contribution in [-0.4, -0.2) is 39.1 Å². The second kappa shape index (κ2) is 8.98. The zero-order valence-corrected chi connectivity index (χ0v) is 20.8. The molecule has 4 heterocycles. The molecule has 0 amide bonds. The summed E-state index contributed by atoms with van der Waals surface area (Å²) in [6.45, 7) is 2.75. The third-order valence-electron chi connectivity index (χ3n) is 6.88. The molecule has 38 heavy (non-hydrogen) atoms. The van der Waals surface area contributed by atoms with Crippen molar-refractivity contribution in [3.8, 4) is 17.3 Å². The fourth-order valence-electron chi connectivity index (χ4n) is 4.88. The first-order chi connectivity index (χ1) is 18.3. The van der Waals surface area contributed by atoms with E-state index in [9.17, 15) is 13.6 Å². The third-order valence-corrected chi connectivity index (χ3v) is 6.88. The van der Waals surface area contributed by atoms with Crippen LogP contribution in [-0.2, 0) is 6.42 Å². The van der Waals surface area contributed by atoms with Crippen LogP contribution in [0.5, 0.6) is 11.6 Å².